The second kappa shape index (κ2) is 8.01. The number of para-hydroxylation sites is 1. The molecule has 0 aromatic heterocycles. The second-order valence-corrected chi connectivity index (χ2v) is 6.55. The number of hydrazone groups is 1. The van der Waals surface area contributed by atoms with Gasteiger partial charge in [-0.2, -0.15) is 5.10 Å². The monoisotopic (exact) mass is 393 g/mol. The van der Waals surface area contributed by atoms with Crippen molar-refractivity contribution in [1.82, 2.24) is 5.43 Å². The number of amides is 1. The average molecular weight is 393 g/mol. The summed E-state index contributed by atoms with van der Waals surface area (Å²) < 4.78 is 0. The van der Waals surface area contributed by atoms with Crippen LogP contribution in [-0.4, -0.2) is 27.7 Å². The number of phenolic OH excluding ortho intramolecular Hbond substituents is 1. The maximum absolute atomic E-state index is 12.8. The average Bonchev–Trinajstić information content (AvgIpc) is 2.95. The highest BCUT2D eigenvalue weighted by Crippen LogP contribution is 2.27. The van der Waals surface area contributed by atoms with Crippen molar-refractivity contribution in [2.24, 2.45) is 15.8 Å². The van der Waals surface area contributed by atoms with E-state index in [9.17, 15) is 9.90 Å². The molecule has 0 aliphatic carbocycles. The molecule has 4 N–H and O–H groups in total. The van der Waals surface area contributed by atoms with Gasteiger partial charge >= 0.3 is 0 Å². The SMILES string of the molecule is CC1=N/C(=C/c2ccccc2O)C(=O)N1c1ccc(/C(C)=N/NC(N)=S)cc1. The smallest absolute Gasteiger partial charge is 0.282 e. The molecule has 7 nitrogen and oxygen atoms in total. The Morgan fingerprint density at radius 3 is 2.57 bits per heavy atom. The number of aromatic hydroxyl groups is 1. The highest BCUT2D eigenvalue weighted by molar-refractivity contribution is 7.80. The van der Waals surface area contributed by atoms with Gasteiger partial charge in [0.15, 0.2) is 5.11 Å². The zero-order chi connectivity index (χ0) is 20.3. The molecule has 0 radical (unpaired) electrons. The summed E-state index contributed by atoms with van der Waals surface area (Å²) >= 11 is 4.73. The number of benzene rings is 2. The predicted octanol–water partition coefficient (Wildman–Crippen LogP) is 2.76. The van der Waals surface area contributed by atoms with Gasteiger partial charge in [-0.3, -0.25) is 15.1 Å². The number of anilines is 1. The van der Waals surface area contributed by atoms with Gasteiger partial charge in [0.1, 0.15) is 17.3 Å². The Morgan fingerprint density at radius 1 is 1.25 bits per heavy atom. The lowest BCUT2D eigenvalue weighted by Crippen LogP contribution is -2.30. The first kappa shape index (κ1) is 19.2. The Bertz CT molecular complexity index is 1030. The van der Waals surface area contributed by atoms with Crippen molar-refractivity contribution in [3.63, 3.8) is 0 Å². The molecule has 3 rings (SSSR count). The molecule has 142 valence electrons. The molecule has 1 amide bonds. The third-order valence-corrected chi connectivity index (χ3v) is 4.23. The lowest BCUT2D eigenvalue weighted by atomic mass is 10.1. The number of amidine groups is 1. The van der Waals surface area contributed by atoms with Gasteiger partial charge in [0.05, 0.1) is 11.4 Å². The quantitative estimate of drug-likeness (QED) is 0.321. The van der Waals surface area contributed by atoms with Crippen LogP contribution in [0.4, 0.5) is 5.69 Å². The molecule has 1 aliphatic rings. The van der Waals surface area contributed by atoms with Gasteiger partial charge in [-0.15, -0.1) is 0 Å². The summed E-state index contributed by atoms with van der Waals surface area (Å²) in [5.41, 5.74) is 11.0. The number of nitrogens with one attached hydrogen (secondary N) is 1. The maximum atomic E-state index is 12.8. The molecule has 0 fully saturated rings. The summed E-state index contributed by atoms with van der Waals surface area (Å²) in [4.78, 5) is 18.7. The first-order valence-electron chi connectivity index (χ1n) is 8.46. The van der Waals surface area contributed by atoms with Crippen LogP contribution in [0, 0.1) is 0 Å². The third kappa shape index (κ3) is 4.07. The van der Waals surface area contributed by atoms with Crippen molar-refractivity contribution in [3.8, 4) is 5.75 Å². The Labute approximate surface area is 167 Å². The summed E-state index contributed by atoms with van der Waals surface area (Å²) in [6, 6.07) is 14.1. The molecule has 28 heavy (non-hydrogen) atoms. The van der Waals surface area contributed by atoms with E-state index in [0.717, 1.165) is 5.56 Å². The molecular formula is C20H19N5O2S. The highest BCUT2D eigenvalue weighted by Gasteiger charge is 2.29. The van der Waals surface area contributed by atoms with Gasteiger partial charge in [-0.25, -0.2) is 4.99 Å². The molecule has 0 spiro atoms. The Kier molecular flexibility index (Phi) is 5.51. The topological polar surface area (TPSA) is 103 Å². The van der Waals surface area contributed by atoms with Crippen LogP contribution in [0.2, 0.25) is 0 Å². The van der Waals surface area contributed by atoms with E-state index in [1.54, 1.807) is 37.3 Å². The molecule has 0 saturated heterocycles. The summed E-state index contributed by atoms with van der Waals surface area (Å²) in [6.45, 7) is 3.58. The Hall–Kier alpha value is -3.52. The van der Waals surface area contributed by atoms with Gasteiger partial charge in [-0.1, -0.05) is 30.3 Å². The molecule has 2 aromatic carbocycles. The number of aliphatic imine (C=N–C) groups is 1. The van der Waals surface area contributed by atoms with Crippen molar-refractivity contribution < 1.29 is 9.90 Å². The van der Waals surface area contributed by atoms with E-state index in [2.05, 4.69) is 15.5 Å². The van der Waals surface area contributed by atoms with Crippen LogP contribution in [0.3, 0.4) is 0 Å². The number of nitrogens with zero attached hydrogens (tertiary/aromatic N) is 3. The normalized spacial score (nSPS) is 15.7. The molecule has 0 atom stereocenters. The number of hydrogen-bond donors (Lipinski definition) is 3. The van der Waals surface area contributed by atoms with Gasteiger partial charge in [0.2, 0.25) is 0 Å². The summed E-state index contributed by atoms with van der Waals surface area (Å²) in [7, 11) is 0. The summed E-state index contributed by atoms with van der Waals surface area (Å²) in [5, 5.41) is 14.1. The fourth-order valence-electron chi connectivity index (χ4n) is 2.74. The third-order valence-electron chi connectivity index (χ3n) is 4.13. The minimum atomic E-state index is -0.256. The Morgan fingerprint density at radius 2 is 1.93 bits per heavy atom. The first-order chi connectivity index (χ1) is 13.4. The lowest BCUT2D eigenvalue weighted by Gasteiger charge is -2.16. The van der Waals surface area contributed by atoms with Crippen molar-refractivity contribution in [1.29, 1.82) is 0 Å². The fourth-order valence-corrected chi connectivity index (χ4v) is 2.79. The van der Waals surface area contributed by atoms with Gasteiger partial charge in [0, 0.05) is 5.56 Å². The Balaban J connectivity index is 1.84. The van der Waals surface area contributed by atoms with Crippen LogP contribution >= 0.6 is 12.2 Å². The van der Waals surface area contributed by atoms with Gasteiger partial charge < -0.3 is 10.8 Å². The van der Waals surface area contributed by atoms with Crippen molar-refractivity contribution in [3.05, 3.63) is 65.4 Å². The molecule has 0 bridgehead atoms. The number of thiocarbonyl (C=S) groups is 1. The standard InChI is InChI=1S/C20H19N5O2S/c1-12(23-24-20(21)28)14-7-9-16(10-8-14)25-13(2)22-17(19(25)27)11-15-5-3-4-6-18(15)26/h3-11,26H,1-2H3,(H3,21,24,28)/b17-11+,23-12+. The zero-order valence-electron chi connectivity index (χ0n) is 15.4. The largest absolute Gasteiger partial charge is 0.507 e. The van der Waals surface area contributed by atoms with Gasteiger partial charge in [0.25, 0.3) is 5.91 Å². The second-order valence-electron chi connectivity index (χ2n) is 6.11. The molecule has 8 heteroatoms. The number of hydrogen-bond acceptors (Lipinski definition) is 5. The zero-order valence-corrected chi connectivity index (χ0v) is 16.2. The number of rotatable bonds is 4. The summed E-state index contributed by atoms with van der Waals surface area (Å²) in [6.07, 6.45) is 1.58. The molecular weight excluding hydrogens is 374 g/mol. The van der Waals surface area contributed by atoms with Crippen LogP contribution in [0.15, 0.2) is 64.3 Å². The van der Waals surface area contributed by atoms with Crippen molar-refractivity contribution in [2.45, 2.75) is 13.8 Å². The van der Waals surface area contributed by atoms with Crippen LogP contribution in [-0.2, 0) is 4.79 Å². The first-order valence-corrected chi connectivity index (χ1v) is 8.87. The maximum Gasteiger partial charge on any atom is 0.282 e. The minimum absolute atomic E-state index is 0.0919. The van der Waals surface area contributed by atoms with Crippen LogP contribution in [0.25, 0.3) is 6.08 Å². The number of nitrogens with two attached hydrogens (primary N) is 1. The number of carbonyl (C=O) groups excluding carboxylic acids is 1. The van der Waals surface area contributed by atoms with E-state index in [0.29, 0.717) is 22.8 Å². The van der Waals surface area contributed by atoms with Crippen LogP contribution in [0.5, 0.6) is 5.75 Å². The van der Waals surface area contributed by atoms with E-state index in [1.165, 1.54) is 4.90 Å². The minimum Gasteiger partial charge on any atom is -0.507 e. The van der Waals surface area contributed by atoms with Crippen LogP contribution in [0.1, 0.15) is 25.0 Å². The molecule has 0 unspecified atom stereocenters. The van der Waals surface area contributed by atoms with Crippen LogP contribution < -0.4 is 16.1 Å². The molecule has 2 aromatic rings. The van der Waals surface area contributed by atoms with Crippen molar-refractivity contribution >= 4 is 46.5 Å². The van der Waals surface area contributed by atoms with E-state index in [4.69, 9.17) is 18.0 Å². The summed E-state index contributed by atoms with van der Waals surface area (Å²) in [5.74, 6) is 0.396. The van der Waals surface area contributed by atoms with E-state index in [1.807, 2.05) is 31.2 Å². The fraction of sp³-hybridized carbons (Fsp3) is 0.100. The predicted molar refractivity (Wildman–Crippen MR) is 115 cm³/mol. The highest BCUT2D eigenvalue weighted by atomic mass is 32.1. The molecule has 1 heterocycles. The number of phenols is 1. The van der Waals surface area contributed by atoms with E-state index in [-0.39, 0.29) is 22.5 Å². The van der Waals surface area contributed by atoms with E-state index < -0.39 is 0 Å². The number of carbonyl (C=O) groups is 1. The van der Waals surface area contributed by atoms with E-state index >= 15 is 0 Å². The van der Waals surface area contributed by atoms with Gasteiger partial charge in [-0.05, 0) is 55.9 Å². The molecule has 1 aliphatic heterocycles. The molecule has 0 saturated carbocycles. The lowest BCUT2D eigenvalue weighted by molar-refractivity contribution is -0.113. The van der Waals surface area contributed by atoms with Crippen molar-refractivity contribution in [2.75, 3.05) is 4.90 Å².